The van der Waals surface area contributed by atoms with Crippen LogP contribution in [-0.4, -0.2) is 68.5 Å². The van der Waals surface area contributed by atoms with E-state index >= 15 is 0 Å². The van der Waals surface area contributed by atoms with Crippen LogP contribution in [-0.2, 0) is 6.42 Å². The summed E-state index contributed by atoms with van der Waals surface area (Å²) in [7, 11) is -1.53. The van der Waals surface area contributed by atoms with Gasteiger partial charge in [0.1, 0.15) is 29.0 Å². The average Bonchev–Trinajstić information content (AvgIpc) is 2.53. The van der Waals surface area contributed by atoms with Crippen molar-refractivity contribution in [2.24, 2.45) is 10.6 Å². The van der Waals surface area contributed by atoms with Gasteiger partial charge in [-0.3, -0.25) is 0 Å². The quantitative estimate of drug-likeness (QED) is 0.161. The van der Waals surface area contributed by atoms with Crippen molar-refractivity contribution in [1.82, 2.24) is 4.90 Å². The molecule has 1 spiro atoms. The van der Waals surface area contributed by atoms with Gasteiger partial charge in [0.25, 0.3) is 0 Å². The highest BCUT2D eigenvalue weighted by Crippen LogP contribution is 2.50. The maximum absolute atomic E-state index is 11.6. The minimum atomic E-state index is -1.53. The van der Waals surface area contributed by atoms with E-state index in [4.69, 9.17) is 20.0 Å². The minimum absolute atomic E-state index is 0.00890. The Labute approximate surface area is 156 Å². The van der Waals surface area contributed by atoms with Gasteiger partial charge in [0.2, 0.25) is 0 Å². The van der Waals surface area contributed by atoms with Crippen LogP contribution in [0.2, 0.25) is 6.32 Å². The van der Waals surface area contributed by atoms with Gasteiger partial charge in [-0.05, 0) is 44.1 Å². The van der Waals surface area contributed by atoms with Gasteiger partial charge >= 0.3 is 13.1 Å². The van der Waals surface area contributed by atoms with Crippen LogP contribution >= 0.6 is 0 Å². The number of hydrogen-bond acceptors (Lipinski definition) is 7. The third kappa shape index (κ3) is 3.81. The van der Waals surface area contributed by atoms with Crippen molar-refractivity contribution in [3.8, 4) is 11.5 Å². The van der Waals surface area contributed by atoms with Gasteiger partial charge in [0.05, 0.1) is 0 Å². The molecule has 0 bridgehead atoms. The highest BCUT2D eigenvalue weighted by molar-refractivity contribution is 6.41. The van der Waals surface area contributed by atoms with Crippen molar-refractivity contribution in [2.75, 3.05) is 13.1 Å². The Morgan fingerprint density at radius 3 is 2.59 bits per heavy atom. The normalized spacial score (nSPS) is 18.8. The molecule has 9 nitrogen and oxygen atoms in total. The molecule has 1 aliphatic heterocycles. The van der Waals surface area contributed by atoms with Crippen LogP contribution in [0.3, 0.4) is 0 Å². The van der Waals surface area contributed by atoms with Gasteiger partial charge in [-0.2, -0.15) is 0 Å². The van der Waals surface area contributed by atoms with E-state index in [1.54, 1.807) is 13.0 Å². The number of carbonyl (C=O) groups is 1. The number of oxime groups is 1. The molecular weight excluding hydrogens is 355 g/mol. The van der Waals surface area contributed by atoms with E-state index in [0.717, 1.165) is 25.9 Å². The van der Waals surface area contributed by atoms with Gasteiger partial charge in [-0.1, -0.05) is 11.2 Å². The molecule has 1 aliphatic carbocycles. The second-order valence-electron chi connectivity index (χ2n) is 7.42. The lowest BCUT2D eigenvalue weighted by Gasteiger charge is -2.58. The van der Waals surface area contributed by atoms with E-state index in [1.165, 1.54) is 6.07 Å². The Hall–Kier alpha value is -2.46. The number of phenols is 1. The first-order valence-electron chi connectivity index (χ1n) is 8.79. The zero-order valence-electron chi connectivity index (χ0n) is 15.0. The van der Waals surface area contributed by atoms with E-state index < -0.39 is 18.8 Å². The molecule has 1 aromatic rings. The SMILES string of the molecule is CC(=NO)N1CC2(CC(Oc3ccc(CCB(O)O)c(O)c3C(=O)O)C2)C1. The standard InChI is InChI=1S/C17H23BN2O7/c1-10(19-26)20-8-17(9-20)6-12(7-17)27-13-3-2-11(4-5-18(24)25)15(21)14(13)16(22)23/h2-3,12,21,24-26H,4-9H2,1H3,(H,22,23). The molecule has 1 aromatic carbocycles. The molecule has 0 radical (unpaired) electrons. The van der Waals surface area contributed by atoms with E-state index in [9.17, 15) is 15.0 Å². The molecule has 0 unspecified atom stereocenters. The van der Waals surface area contributed by atoms with Crippen molar-refractivity contribution in [3.05, 3.63) is 23.3 Å². The van der Waals surface area contributed by atoms with Gasteiger partial charge in [-0.25, -0.2) is 4.79 Å². The number of benzene rings is 1. The fourth-order valence-corrected chi connectivity index (χ4v) is 3.89. The summed E-state index contributed by atoms with van der Waals surface area (Å²) in [4.78, 5) is 13.6. The summed E-state index contributed by atoms with van der Waals surface area (Å²) in [6.45, 7) is 3.29. The lowest BCUT2D eigenvalue weighted by molar-refractivity contribution is -0.0936. The molecule has 0 aromatic heterocycles. The maximum Gasteiger partial charge on any atom is 0.451 e. The van der Waals surface area contributed by atoms with Crippen LogP contribution in [0, 0.1) is 5.41 Å². The predicted molar refractivity (Wildman–Crippen MR) is 96.3 cm³/mol. The number of carboxylic acids is 1. The second-order valence-corrected chi connectivity index (χ2v) is 7.42. The fraction of sp³-hybridized carbons (Fsp3) is 0.529. The molecule has 1 saturated carbocycles. The summed E-state index contributed by atoms with van der Waals surface area (Å²) in [5.74, 6) is -1.02. The molecule has 0 amide bonds. The molecule has 10 heteroatoms. The number of carboxylic acid groups (broad SMARTS) is 1. The Kier molecular flexibility index (Phi) is 5.21. The average molecular weight is 378 g/mol. The summed E-state index contributed by atoms with van der Waals surface area (Å²) < 4.78 is 5.82. The van der Waals surface area contributed by atoms with Crippen LogP contribution in [0.25, 0.3) is 0 Å². The predicted octanol–water partition coefficient (Wildman–Crippen LogP) is 0.756. The molecular formula is C17H23BN2O7. The van der Waals surface area contributed by atoms with Crippen LogP contribution in [0.4, 0.5) is 0 Å². The highest BCUT2D eigenvalue weighted by atomic mass is 16.5. The molecule has 2 aliphatic rings. The largest absolute Gasteiger partial charge is 0.507 e. The molecule has 5 N–H and O–H groups in total. The fourth-order valence-electron chi connectivity index (χ4n) is 3.89. The molecule has 1 saturated heterocycles. The van der Waals surface area contributed by atoms with Crippen LogP contribution in [0.15, 0.2) is 17.3 Å². The molecule has 0 atom stereocenters. The summed E-state index contributed by atoms with van der Waals surface area (Å²) in [5.41, 5.74) is 0.130. The van der Waals surface area contributed by atoms with E-state index in [2.05, 4.69) is 5.16 Å². The molecule has 146 valence electrons. The van der Waals surface area contributed by atoms with Crippen molar-refractivity contribution in [3.63, 3.8) is 0 Å². The monoisotopic (exact) mass is 378 g/mol. The Morgan fingerprint density at radius 1 is 1.37 bits per heavy atom. The summed E-state index contributed by atoms with van der Waals surface area (Å²) in [6, 6.07) is 3.04. The summed E-state index contributed by atoms with van der Waals surface area (Å²) >= 11 is 0. The number of ether oxygens (including phenoxy) is 1. The van der Waals surface area contributed by atoms with Crippen molar-refractivity contribution in [1.29, 1.82) is 0 Å². The van der Waals surface area contributed by atoms with Gasteiger partial charge in [-0.15, -0.1) is 0 Å². The first-order chi connectivity index (χ1) is 12.7. The van der Waals surface area contributed by atoms with Gasteiger partial charge < -0.3 is 35.1 Å². The Balaban J connectivity index is 1.64. The Morgan fingerprint density at radius 2 is 2.04 bits per heavy atom. The molecule has 1 heterocycles. The lowest BCUT2D eigenvalue weighted by atomic mass is 9.61. The first kappa shape index (κ1) is 19.3. The third-order valence-electron chi connectivity index (χ3n) is 5.38. The summed E-state index contributed by atoms with van der Waals surface area (Å²) in [5, 5.41) is 49.6. The van der Waals surface area contributed by atoms with E-state index in [1.807, 2.05) is 4.90 Å². The Bertz CT molecular complexity index is 754. The van der Waals surface area contributed by atoms with Crippen molar-refractivity contribution in [2.45, 2.75) is 38.6 Å². The zero-order valence-corrected chi connectivity index (χ0v) is 15.0. The number of amidine groups is 1. The van der Waals surface area contributed by atoms with Crippen LogP contribution in [0.5, 0.6) is 11.5 Å². The zero-order chi connectivity index (χ0) is 19.8. The smallest absolute Gasteiger partial charge is 0.451 e. The molecule has 2 fully saturated rings. The van der Waals surface area contributed by atoms with Crippen LogP contribution in [0.1, 0.15) is 35.7 Å². The van der Waals surface area contributed by atoms with Crippen molar-refractivity contribution >= 4 is 18.9 Å². The first-order valence-corrected chi connectivity index (χ1v) is 8.79. The number of aromatic carboxylic acids is 1. The summed E-state index contributed by atoms with van der Waals surface area (Å²) in [6.07, 6.45) is 1.52. The number of hydrogen-bond donors (Lipinski definition) is 5. The van der Waals surface area contributed by atoms with Gasteiger partial charge in [0, 0.05) is 18.5 Å². The highest BCUT2D eigenvalue weighted by Gasteiger charge is 2.54. The minimum Gasteiger partial charge on any atom is -0.507 e. The second kappa shape index (κ2) is 7.28. The third-order valence-corrected chi connectivity index (χ3v) is 5.38. The number of aromatic hydroxyl groups is 1. The number of aryl methyl sites for hydroxylation is 1. The number of rotatable bonds is 6. The van der Waals surface area contributed by atoms with Crippen LogP contribution < -0.4 is 4.74 Å². The number of likely N-dealkylation sites (tertiary alicyclic amines) is 1. The number of nitrogens with zero attached hydrogens (tertiary/aromatic N) is 2. The lowest BCUT2D eigenvalue weighted by Crippen LogP contribution is -2.65. The molecule has 3 rings (SSSR count). The molecule has 27 heavy (non-hydrogen) atoms. The van der Waals surface area contributed by atoms with E-state index in [0.29, 0.717) is 11.4 Å². The maximum atomic E-state index is 11.6. The van der Waals surface area contributed by atoms with Crippen molar-refractivity contribution < 1.29 is 35.0 Å². The topological polar surface area (TPSA) is 143 Å². The van der Waals surface area contributed by atoms with E-state index in [-0.39, 0.29) is 35.6 Å². The van der Waals surface area contributed by atoms with Gasteiger partial charge in [0.15, 0.2) is 0 Å².